The molecule has 2 atom stereocenters. The molecule has 2 nitrogen and oxygen atoms in total. The topological polar surface area (TPSA) is 12.5 Å². The standard InChI is InChI=1S/C12H24ClNO/c1-9(2)10(3)14-7-11(6-13)15-12(4,5)8-14/h9-11H,6-8H2,1-5H3. The molecule has 0 N–H and O–H groups in total. The summed E-state index contributed by atoms with van der Waals surface area (Å²) in [7, 11) is 0. The molecule has 15 heavy (non-hydrogen) atoms. The zero-order valence-corrected chi connectivity index (χ0v) is 11.3. The Kier molecular flexibility index (Phi) is 4.45. The van der Waals surface area contributed by atoms with E-state index >= 15 is 0 Å². The molecule has 0 saturated carbocycles. The van der Waals surface area contributed by atoms with Crippen molar-refractivity contribution in [2.75, 3.05) is 19.0 Å². The van der Waals surface area contributed by atoms with Crippen molar-refractivity contribution >= 4 is 11.6 Å². The van der Waals surface area contributed by atoms with Gasteiger partial charge in [-0.2, -0.15) is 0 Å². The number of nitrogens with zero attached hydrogens (tertiary/aromatic N) is 1. The number of alkyl halides is 1. The Balaban J connectivity index is 2.65. The van der Waals surface area contributed by atoms with E-state index in [1.54, 1.807) is 0 Å². The van der Waals surface area contributed by atoms with Crippen molar-refractivity contribution in [3.8, 4) is 0 Å². The van der Waals surface area contributed by atoms with Crippen molar-refractivity contribution in [2.24, 2.45) is 5.92 Å². The molecule has 0 spiro atoms. The molecule has 1 saturated heterocycles. The average Bonchev–Trinajstić information content (AvgIpc) is 2.13. The highest BCUT2D eigenvalue weighted by Crippen LogP contribution is 2.25. The van der Waals surface area contributed by atoms with Gasteiger partial charge in [-0.1, -0.05) is 13.8 Å². The van der Waals surface area contributed by atoms with E-state index in [0.717, 1.165) is 13.1 Å². The Morgan fingerprint density at radius 1 is 1.40 bits per heavy atom. The fourth-order valence-corrected chi connectivity index (χ4v) is 2.31. The highest BCUT2D eigenvalue weighted by atomic mass is 35.5. The Hall–Kier alpha value is 0.210. The molecular weight excluding hydrogens is 210 g/mol. The van der Waals surface area contributed by atoms with Crippen molar-refractivity contribution in [1.29, 1.82) is 0 Å². The normalized spacial score (nSPS) is 29.4. The Bertz CT molecular complexity index is 206. The monoisotopic (exact) mass is 233 g/mol. The van der Waals surface area contributed by atoms with Gasteiger partial charge < -0.3 is 4.74 Å². The van der Waals surface area contributed by atoms with Crippen LogP contribution >= 0.6 is 11.6 Å². The van der Waals surface area contributed by atoms with Gasteiger partial charge in [-0.15, -0.1) is 11.6 Å². The third-order valence-electron chi connectivity index (χ3n) is 3.22. The highest BCUT2D eigenvalue weighted by Gasteiger charge is 2.35. The number of hydrogen-bond acceptors (Lipinski definition) is 2. The van der Waals surface area contributed by atoms with Gasteiger partial charge in [0, 0.05) is 25.0 Å². The van der Waals surface area contributed by atoms with Gasteiger partial charge >= 0.3 is 0 Å². The first-order valence-corrected chi connectivity index (χ1v) is 6.37. The van der Waals surface area contributed by atoms with Gasteiger partial charge in [0.05, 0.1) is 11.7 Å². The SMILES string of the molecule is CC(C)C(C)N1CC(CCl)OC(C)(C)C1. The third kappa shape index (κ3) is 3.61. The van der Waals surface area contributed by atoms with Gasteiger partial charge in [-0.3, -0.25) is 4.90 Å². The lowest BCUT2D eigenvalue weighted by atomic mass is 9.99. The second-order valence-electron chi connectivity index (χ2n) is 5.57. The molecule has 0 aliphatic carbocycles. The molecule has 0 aromatic heterocycles. The smallest absolute Gasteiger partial charge is 0.0845 e. The molecular formula is C12H24ClNO. The Morgan fingerprint density at radius 2 is 2.00 bits per heavy atom. The molecule has 0 amide bonds. The molecule has 1 rings (SSSR count). The van der Waals surface area contributed by atoms with E-state index in [-0.39, 0.29) is 11.7 Å². The van der Waals surface area contributed by atoms with Crippen molar-refractivity contribution in [1.82, 2.24) is 4.90 Å². The number of halogens is 1. The molecule has 90 valence electrons. The molecule has 0 bridgehead atoms. The maximum absolute atomic E-state index is 5.91. The second-order valence-corrected chi connectivity index (χ2v) is 5.88. The molecule has 0 aromatic carbocycles. The third-order valence-corrected chi connectivity index (χ3v) is 3.56. The van der Waals surface area contributed by atoms with E-state index < -0.39 is 0 Å². The summed E-state index contributed by atoms with van der Waals surface area (Å²) >= 11 is 5.91. The Morgan fingerprint density at radius 3 is 2.47 bits per heavy atom. The minimum Gasteiger partial charge on any atom is -0.368 e. The van der Waals surface area contributed by atoms with Gasteiger partial charge in [-0.05, 0) is 26.7 Å². The van der Waals surface area contributed by atoms with Crippen LogP contribution in [0.4, 0.5) is 0 Å². The van der Waals surface area contributed by atoms with E-state index in [1.165, 1.54) is 0 Å². The van der Waals surface area contributed by atoms with Crippen LogP contribution in [-0.2, 0) is 4.74 Å². The molecule has 1 aliphatic heterocycles. The molecule has 2 unspecified atom stereocenters. The summed E-state index contributed by atoms with van der Waals surface area (Å²) in [6.45, 7) is 13.1. The van der Waals surface area contributed by atoms with Crippen LogP contribution in [0.5, 0.6) is 0 Å². The van der Waals surface area contributed by atoms with Crippen LogP contribution in [-0.4, -0.2) is 41.6 Å². The molecule has 1 fully saturated rings. The summed E-state index contributed by atoms with van der Waals surface area (Å²) < 4.78 is 5.91. The maximum Gasteiger partial charge on any atom is 0.0845 e. The van der Waals surface area contributed by atoms with Crippen LogP contribution in [0.2, 0.25) is 0 Å². The fourth-order valence-electron chi connectivity index (χ4n) is 2.15. The number of rotatable bonds is 3. The summed E-state index contributed by atoms with van der Waals surface area (Å²) in [6.07, 6.45) is 0.177. The summed E-state index contributed by atoms with van der Waals surface area (Å²) in [6, 6.07) is 0.596. The van der Waals surface area contributed by atoms with Crippen LogP contribution < -0.4 is 0 Å². The van der Waals surface area contributed by atoms with Crippen LogP contribution in [0.25, 0.3) is 0 Å². The average molecular weight is 234 g/mol. The minimum atomic E-state index is -0.0685. The number of hydrogen-bond donors (Lipinski definition) is 0. The quantitative estimate of drug-likeness (QED) is 0.696. The van der Waals surface area contributed by atoms with Crippen LogP contribution in [0, 0.1) is 5.92 Å². The van der Waals surface area contributed by atoms with E-state index in [4.69, 9.17) is 16.3 Å². The van der Waals surface area contributed by atoms with Gasteiger partial charge in [0.15, 0.2) is 0 Å². The van der Waals surface area contributed by atoms with E-state index in [1.807, 2.05) is 0 Å². The maximum atomic E-state index is 5.91. The van der Waals surface area contributed by atoms with E-state index in [9.17, 15) is 0 Å². The lowest BCUT2D eigenvalue weighted by Gasteiger charge is -2.45. The van der Waals surface area contributed by atoms with Crippen LogP contribution in [0.15, 0.2) is 0 Å². The van der Waals surface area contributed by atoms with E-state index in [2.05, 4.69) is 39.5 Å². The van der Waals surface area contributed by atoms with Crippen molar-refractivity contribution < 1.29 is 4.74 Å². The minimum absolute atomic E-state index is 0.0685. The van der Waals surface area contributed by atoms with Gasteiger partial charge in [-0.25, -0.2) is 0 Å². The first-order chi connectivity index (χ1) is 6.85. The molecule has 3 heteroatoms. The summed E-state index contributed by atoms with van der Waals surface area (Å²) in [5, 5.41) is 0. The van der Waals surface area contributed by atoms with Gasteiger partial charge in [0.1, 0.15) is 0 Å². The molecule has 0 aromatic rings. The van der Waals surface area contributed by atoms with E-state index in [0.29, 0.717) is 17.8 Å². The fraction of sp³-hybridized carbons (Fsp3) is 1.00. The largest absolute Gasteiger partial charge is 0.368 e. The second kappa shape index (κ2) is 5.03. The molecule has 1 aliphatic rings. The summed E-state index contributed by atoms with van der Waals surface area (Å²) in [4.78, 5) is 2.50. The lowest BCUT2D eigenvalue weighted by Crippen LogP contribution is -2.56. The molecule has 1 heterocycles. The van der Waals surface area contributed by atoms with Gasteiger partial charge in [0.2, 0.25) is 0 Å². The first-order valence-electron chi connectivity index (χ1n) is 5.83. The van der Waals surface area contributed by atoms with Crippen LogP contribution in [0.3, 0.4) is 0 Å². The number of morpholine rings is 1. The van der Waals surface area contributed by atoms with Crippen LogP contribution in [0.1, 0.15) is 34.6 Å². The van der Waals surface area contributed by atoms with Crippen molar-refractivity contribution in [3.63, 3.8) is 0 Å². The lowest BCUT2D eigenvalue weighted by molar-refractivity contribution is -0.138. The predicted molar refractivity (Wildman–Crippen MR) is 65.5 cm³/mol. The summed E-state index contributed by atoms with van der Waals surface area (Å²) in [5.41, 5.74) is -0.0685. The zero-order chi connectivity index (χ0) is 11.6. The highest BCUT2D eigenvalue weighted by molar-refractivity contribution is 6.18. The first kappa shape index (κ1) is 13.3. The van der Waals surface area contributed by atoms with Gasteiger partial charge in [0.25, 0.3) is 0 Å². The number of ether oxygens (including phenoxy) is 1. The van der Waals surface area contributed by atoms with Crippen molar-refractivity contribution in [2.45, 2.75) is 52.4 Å². The zero-order valence-electron chi connectivity index (χ0n) is 10.6. The Labute approximate surface area is 98.9 Å². The predicted octanol–water partition coefficient (Wildman–Crippen LogP) is 2.75. The summed E-state index contributed by atoms with van der Waals surface area (Å²) in [5.74, 6) is 1.26. The molecule has 0 radical (unpaired) electrons. The van der Waals surface area contributed by atoms with Crippen molar-refractivity contribution in [3.05, 3.63) is 0 Å².